The SMILES string of the molecule is CCNC(=NCC(C)Oc1ccc(OC)cc1)NC1CCN(CCS(C)(=O)=O)CC1.I. The van der Waals surface area contributed by atoms with Crippen molar-refractivity contribution in [3.8, 4) is 11.5 Å². The molecule has 1 aromatic rings. The Morgan fingerprint density at radius 3 is 2.39 bits per heavy atom. The van der Waals surface area contributed by atoms with Gasteiger partial charge in [-0.05, 0) is 51.0 Å². The predicted octanol–water partition coefficient (Wildman–Crippen LogP) is 2.14. The van der Waals surface area contributed by atoms with Gasteiger partial charge >= 0.3 is 0 Å². The lowest BCUT2D eigenvalue weighted by Gasteiger charge is -2.33. The number of methoxy groups -OCH3 is 1. The summed E-state index contributed by atoms with van der Waals surface area (Å²) in [5, 5.41) is 6.80. The van der Waals surface area contributed by atoms with Crippen molar-refractivity contribution in [2.45, 2.75) is 38.8 Å². The Bertz CT molecular complexity index is 766. The van der Waals surface area contributed by atoms with Crippen molar-refractivity contribution in [2.24, 2.45) is 4.99 Å². The molecule has 1 heterocycles. The number of aliphatic imine (C=N–C) groups is 1. The van der Waals surface area contributed by atoms with Crippen LogP contribution in [0.25, 0.3) is 0 Å². The van der Waals surface area contributed by atoms with E-state index >= 15 is 0 Å². The zero-order chi connectivity index (χ0) is 22.0. The Labute approximate surface area is 204 Å². The van der Waals surface area contributed by atoms with E-state index < -0.39 is 9.84 Å². The number of hydrogen-bond donors (Lipinski definition) is 2. The molecule has 1 aromatic carbocycles. The highest BCUT2D eigenvalue weighted by molar-refractivity contribution is 14.0. The number of halogens is 1. The van der Waals surface area contributed by atoms with Crippen molar-refractivity contribution in [1.29, 1.82) is 0 Å². The molecule has 2 N–H and O–H groups in total. The Kier molecular flexibility index (Phi) is 12.5. The number of ether oxygens (including phenoxy) is 2. The molecular formula is C21H37IN4O4S. The van der Waals surface area contributed by atoms with E-state index in [2.05, 4.69) is 20.5 Å². The predicted molar refractivity (Wildman–Crippen MR) is 137 cm³/mol. The summed E-state index contributed by atoms with van der Waals surface area (Å²) < 4.78 is 33.8. The molecule has 0 aromatic heterocycles. The molecule has 8 nitrogen and oxygen atoms in total. The standard InChI is InChI=1S/C21H36N4O4S.HI/c1-5-22-21(23-16-17(2)29-20-8-6-19(28-3)7-9-20)24-18-10-12-25(13-11-18)14-15-30(4,26)27;/h6-9,17-18H,5,10-16H2,1-4H3,(H2,22,23,24);1H. The first-order chi connectivity index (χ1) is 14.3. The summed E-state index contributed by atoms with van der Waals surface area (Å²) in [6.07, 6.45) is 3.16. The first kappa shape index (κ1) is 27.8. The first-order valence-electron chi connectivity index (χ1n) is 10.5. The van der Waals surface area contributed by atoms with Crippen molar-refractivity contribution in [1.82, 2.24) is 15.5 Å². The molecule has 0 spiro atoms. The second kappa shape index (κ2) is 14.0. The van der Waals surface area contributed by atoms with E-state index in [-0.39, 0.29) is 35.8 Å². The van der Waals surface area contributed by atoms with Crippen molar-refractivity contribution in [3.05, 3.63) is 24.3 Å². The molecule has 0 radical (unpaired) electrons. The molecule has 1 aliphatic rings. The third-order valence-electron chi connectivity index (χ3n) is 4.95. The van der Waals surface area contributed by atoms with Gasteiger partial charge in [0.1, 0.15) is 27.4 Å². The monoisotopic (exact) mass is 568 g/mol. The lowest BCUT2D eigenvalue weighted by molar-refractivity contribution is 0.215. The highest BCUT2D eigenvalue weighted by atomic mass is 127. The maximum Gasteiger partial charge on any atom is 0.191 e. The molecule has 0 saturated carbocycles. The fourth-order valence-electron chi connectivity index (χ4n) is 3.25. The zero-order valence-electron chi connectivity index (χ0n) is 19.0. The Balaban J connectivity index is 0.00000480. The van der Waals surface area contributed by atoms with Crippen LogP contribution in [0, 0.1) is 0 Å². The molecule has 1 atom stereocenters. The number of nitrogens with zero attached hydrogens (tertiary/aromatic N) is 2. The Hall–Kier alpha value is -1.27. The van der Waals surface area contributed by atoms with Crippen LogP contribution in [0.1, 0.15) is 26.7 Å². The van der Waals surface area contributed by atoms with Crippen molar-refractivity contribution in [2.75, 3.05) is 51.8 Å². The van der Waals surface area contributed by atoms with E-state index in [0.717, 1.165) is 49.9 Å². The Morgan fingerprint density at radius 2 is 1.84 bits per heavy atom. The van der Waals surface area contributed by atoms with Crippen molar-refractivity contribution in [3.63, 3.8) is 0 Å². The van der Waals surface area contributed by atoms with Gasteiger partial charge in [-0.3, -0.25) is 0 Å². The van der Waals surface area contributed by atoms with Crippen molar-refractivity contribution >= 4 is 39.8 Å². The minimum absolute atomic E-state index is 0. The number of nitrogens with one attached hydrogen (secondary N) is 2. The number of piperidine rings is 1. The van der Waals surface area contributed by atoms with Crippen molar-refractivity contribution < 1.29 is 17.9 Å². The van der Waals surface area contributed by atoms with Gasteiger partial charge in [0.05, 0.1) is 19.4 Å². The molecule has 31 heavy (non-hydrogen) atoms. The van der Waals surface area contributed by atoms with Gasteiger partial charge in [0, 0.05) is 38.5 Å². The summed E-state index contributed by atoms with van der Waals surface area (Å²) in [5.41, 5.74) is 0. The molecule has 0 aliphatic carbocycles. The average Bonchev–Trinajstić information content (AvgIpc) is 2.71. The molecule has 1 fully saturated rings. The Morgan fingerprint density at radius 1 is 1.23 bits per heavy atom. The van der Waals surface area contributed by atoms with Crippen LogP contribution in [0.2, 0.25) is 0 Å². The minimum atomic E-state index is -2.91. The normalized spacial score (nSPS) is 16.8. The van der Waals surface area contributed by atoms with Crippen LogP contribution >= 0.6 is 24.0 Å². The fourth-order valence-corrected chi connectivity index (χ4v) is 3.84. The maximum absolute atomic E-state index is 11.3. The van der Waals surface area contributed by atoms with E-state index in [0.29, 0.717) is 19.1 Å². The summed E-state index contributed by atoms with van der Waals surface area (Å²) in [5.74, 6) is 2.60. The first-order valence-corrected chi connectivity index (χ1v) is 12.6. The van der Waals surface area contributed by atoms with Crippen LogP contribution in [0.5, 0.6) is 11.5 Å². The van der Waals surface area contributed by atoms with E-state index in [1.165, 1.54) is 6.26 Å². The highest BCUT2D eigenvalue weighted by Gasteiger charge is 2.20. The second-order valence-corrected chi connectivity index (χ2v) is 9.97. The maximum atomic E-state index is 11.3. The van der Waals surface area contributed by atoms with Gasteiger partial charge in [0.15, 0.2) is 5.96 Å². The summed E-state index contributed by atoms with van der Waals surface area (Å²) >= 11 is 0. The molecule has 1 aliphatic heterocycles. The second-order valence-electron chi connectivity index (χ2n) is 7.71. The van der Waals surface area contributed by atoms with Gasteiger partial charge in [-0.25, -0.2) is 13.4 Å². The minimum Gasteiger partial charge on any atom is -0.497 e. The molecule has 178 valence electrons. The summed E-state index contributed by atoms with van der Waals surface area (Å²) in [7, 11) is -1.27. The average molecular weight is 569 g/mol. The molecule has 1 saturated heterocycles. The van der Waals surface area contributed by atoms with E-state index in [1.807, 2.05) is 38.1 Å². The van der Waals surface area contributed by atoms with Crippen LogP contribution < -0.4 is 20.1 Å². The van der Waals surface area contributed by atoms with Crippen LogP contribution in [0.4, 0.5) is 0 Å². The summed E-state index contributed by atoms with van der Waals surface area (Å²) in [6.45, 7) is 7.76. The van der Waals surface area contributed by atoms with Crippen LogP contribution in [0.15, 0.2) is 29.3 Å². The smallest absolute Gasteiger partial charge is 0.191 e. The lowest BCUT2D eigenvalue weighted by Crippen LogP contribution is -2.49. The molecular weight excluding hydrogens is 531 g/mol. The topological polar surface area (TPSA) is 92.3 Å². The van der Waals surface area contributed by atoms with Crippen LogP contribution in [-0.2, 0) is 9.84 Å². The highest BCUT2D eigenvalue weighted by Crippen LogP contribution is 2.18. The zero-order valence-corrected chi connectivity index (χ0v) is 22.1. The van der Waals surface area contributed by atoms with E-state index in [9.17, 15) is 8.42 Å². The fraction of sp³-hybridized carbons (Fsp3) is 0.667. The van der Waals surface area contributed by atoms with Gasteiger partial charge in [-0.15, -0.1) is 24.0 Å². The third kappa shape index (κ3) is 11.2. The molecule has 10 heteroatoms. The quantitative estimate of drug-likeness (QED) is 0.254. The van der Waals surface area contributed by atoms with Crippen LogP contribution in [0.3, 0.4) is 0 Å². The van der Waals surface area contributed by atoms with Gasteiger partial charge in [0.25, 0.3) is 0 Å². The van der Waals surface area contributed by atoms with E-state index in [1.54, 1.807) is 7.11 Å². The number of hydrogen-bond acceptors (Lipinski definition) is 6. The number of rotatable bonds is 10. The number of guanidine groups is 1. The number of sulfone groups is 1. The third-order valence-corrected chi connectivity index (χ3v) is 5.88. The summed E-state index contributed by atoms with van der Waals surface area (Å²) in [6, 6.07) is 7.86. The molecule has 1 unspecified atom stereocenters. The molecule has 2 rings (SSSR count). The van der Waals surface area contributed by atoms with Gasteiger partial charge in [-0.2, -0.15) is 0 Å². The summed E-state index contributed by atoms with van der Waals surface area (Å²) in [4.78, 5) is 6.89. The van der Waals surface area contributed by atoms with Gasteiger partial charge in [-0.1, -0.05) is 0 Å². The number of benzene rings is 1. The largest absolute Gasteiger partial charge is 0.497 e. The molecule has 0 amide bonds. The number of likely N-dealkylation sites (tertiary alicyclic amines) is 1. The van der Waals surface area contributed by atoms with E-state index in [4.69, 9.17) is 9.47 Å². The lowest BCUT2D eigenvalue weighted by atomic mass is 10.1. The molecule has 0 bridgehead atoms. The van der Waals surface area contributed by atoms with Gasteiger partial charge < -0.3 is 25.0 Å². The van der Waals surface area contributed by atoms with Crippen LogP contribution in [-0.4, -0.2) is 83.3 Å². The van der Waals surface area contributed by atoms with Gasteiger partial charge in [0.2, 0.25) is 0 Å².